The molecule has 1 heterocycles. The van der Waals surface area contributed by atoms with Gasteiger partial charge in [-0.15, -0.1) is 22.9 Å². The molecule has 2 rings (SSSR count). The Morgan fingerprint density at radius 1 is 1.20 bits per heavy atom. The van der Waals surface area contributed by atoms with Gasteiger partial charge in [0.2, 0.25) is 0 Å². The largest absolute Gasteiger partial charge is 0.496 e. The molecule has 108 valence electrons. The van der Waals surface area contributed by atoms with Crippen molar-refractivity contribution in [1.29, 1.82) is 0 Å². The molecule has 1 atom stereocenters. The van der Waals surface area contributed by atoms with Gasteiger partial charge < -0.3 is 4.74 Å². The molecule has 0 aliphatic rings. The number of ether oxygens (including phenoxy) is 1. The Kier molecular flexibility index (Phi) is 4.83. The summed E-state index contributed by atoms with van der Waals surface area (Å²) < 4.78 is 6.17. The molecule has 0 aliphatic heterocycles. The van der Waals surface area contributed by atoms with E-state index in [0.29, 0.717) is 0 Å². The van der Waals surface area contributed by atoms with Gasteiger partial charge in [-0.1, -0.05) is 26.8 Å². The molecule has 0 saturated heterocycles. The van der Waals surface area contributed by atoms with Crippen molar-refractivity contribution < 1.29 is 4.74 Å². The highest BCUT2D eigenvalue weighted by molar-refractivity contribution is 9.10. The molecule has 0 aliphatic carbocycles. The molecule has 4 heteroatoms. The molecular weight excluding hydrogens is 356 g/mol. The number of thiophene rings is 1. The van der Waals surface area contributed by atoms with Crippen LogP contribution in [0.15, 0.2) is 34.8 Å². The number of alkyl halides is 1. The summed E-state index contributed by atoms with van der Waals surface area (Å²) in [6.45, 7) is 6.65. The second kappa shape index (κ2) is 6.08. The van der Waals surface area contributed by atoms with Gasteiger partial charge in [0, 0.05) is 9.75 Å². The van der Waals surface area contributed by atoms with Crippen LogP contribution in [0.5, 0.6) is 5.75 Å². The monoisotopic (exact) mass is 372 g/mol. The molecule has 0 spiro atoms. The zero-order chi connectivity index (χ0) is 14.9. The van der Waals surface area contributed by atoms with Gasteiger partial charge in [0.25, 0.3) is 0 Å². The molecular formula is C16H18BrClOS. The Balaban J connectivity index is 2.29. The van der Waals surface area contributed by atoms with E-state index < -0.39 is 0 Å². The van der Waals surface area contributed by atoms with Gasteiger partial charge in [-0.2, -0.15) is 0 Å². The molecule has 1 nitrogen and oxygen atoms in total. The van der Waals surface area contributed by atoms with Crippen LogP contribution in [0.25, 0.3) is 0 Å². The number of halogens is 2. The van der Waals surface area contributed by atoms with Gasteiger partial charge in [0.05, 0.1) is 17.0 Å². The summed E-state index contributed by atoms with van der Waals surface area (Å²) in [4.78, 5) is 2.53. The molecule has 0 amide bonds. The lowest BCUT2D eigenvalue weighted by atomic mass is 9.95. The lowest BCUT2D eigenvalue weighted by Gasteiger charge is -2.16. The van der Waals surface area contributed by atoms with E-state index in [9.17, 15) is 0 Å². The van der Waals surface area contributed by atoms with Gasteiger partial charge in [-0.05, 0) is 51.2 Å². The zero-order valence-electron chi connectivity index (χ0n) is 12.0. The first-order valence-corrected chi connectivity index (χ1v) is 8.45. The van der Waals surface area contributed by atoms with E-state index in [0.717, 1.165) is 15.8 Å². The quantitative estimate of drug-likeness (QED) is 0.587. The first-order valence-electron chi connectivity index (χ1n) is 6.40. The number of rotatable bonds is 3. The molecule has 2 aromatic rings. The predicted molar refractivity (Wildman–Crippen MR) is 91.4 cm³/mol. The normalized spacial score (nSPS) is 13.3. The number of methoxy groups -OCH3 is 1. The first kappa shape index (κ1) is 15.9. The van der Waals surface area contributed by atoms with Gasteiger partial charge >= 0.3 is 0 Å². The van der Waals surface area contributed by atoms with Crippen molar-refractivity contribution in [2.24, 2.45) is 0 Å². The average Bonchev–Trinajstić information content (AvgIpc) is 2.87. The minimum atomic E-state index is -0.127. The van der Waals surface area contributed by atoms with Gasteiger partial charge in [-0.25, -0.2) is 0 Å². The van der Waals surface area contributed by atoms with Gasteiger partial charge in [0.15, 0.2) is 0 Å². The van der Waals surface area contributed by atoms with Crippen molar-refractivity contribution in [3.05, 3.63) is 50.1 Å². The Morgan fingerprint density at radius 2 is 1.90 bits per heavy atom. The minimum Gasteiger partial charge on any atom is -0.496 e. The highest BCUT2D eigenvalue weighted by atomic mass is 79.9. The minimum absolute atomic E-state index is 0.127. The second-order valence-corrected chi connectivity index (χ2v) is 8.11. The molecule has 0 fully saturated rings. The maximum Gasteiger partial charge on any atom is 0.133 e. The summed E-state index contributed by atoms with van der Waals surface area (Å²) in [6, 6.07) is 10.3. The standard InChI is InChI=1S/C16H18BrClOS/c1-16(2,3)14-8-7-13(20-14)15(18)10-5-6-12(19-4)11(17)9-10/h5-9,15H,1-4H3. The number of hydrogen-bond donors (Lipinski definition) is 0. The van der Waals surface area contributed by atoms with E-state index in [1.807, 2.05) is 18.2 Å². The highest BCUT2D eigenvalue weighted by Gasteiger charge is 2.20. The van der Waals surface area contributed by atoms with Crippen LogP contribution in [0.4, 0.5) is 0 Å². The fourth-order valence-corrected chi connectivity index (χ4v) is 3.87. The van der Waals surface area contributed by atoms with Crippen LogP contribution in [-0.4, -0.2) is 7.11 Å². The van der Waals surface area contributed by atoms with Crippen molar-refractivity contribution >= 4 is 38.9 Å². The Morgan fingerprint density at radius 3 is 2.40 bits per heavy atom. The van der Waals surface area contributed by atoms with Crippen molar-refractivity contribution in [2.75, 3.05) is 7.11 Å². The molecule has 1 aromatic carbocycles. The van der Waals surface area contributed by atoms with Crippen LogP contribution in [0, 0.1) is 0 Å². The molecule has 0 bridgehead atoms. The molecule has 20 heavy (non-hydrogen) atoms. The summed E-state index contributed by atoms with van der Waals surface area (Å²) in [5, 5.41) is -0.127. The lowest BCUT2D eigenvalue weighted by Crippen LogP contribution is -2.07. The molecule has 1 unspecified atom stereocenters. The smallest absolute Gasteiger partial charge is 0.133 e. The van der Waals surface area contributed by atoms with E-state index in [2.05, 4.69) is 48.8 Å². The number of benzene rings is 1. The van der Waals surface area contributed by atoms with E-state index >= 15 is 0 Å². The number of hydrogen-bond acceptors (Lipinski definition) is 2. The third-order valence-corrected chi connectivity index (χ3v) is 5.90. The van der Waals surface area contributed by atoms with Crippen LogP contribution in [0.2, 0.25) is 0 Å². The Labute approximate surface area is 138 Å². The third kappa shape index (κ3) is 3.38. The maximum absolute atomic E-state index is 6.61. The second-order valence-electron chi connectivity index (χ2n) is 5.71. The third-order valence-electron chi connectivity index (χ3n) is 3.08. The molecule has 0 radical (unpaired) electrons. The van der Waals surface area contributed by atoms with Crippen LogP contribution in [0.3, 0.4) is 0 Å². The van der Waals surface area contributed by atoms with Crippen LogP contribution in [-0.2, 0) is 5.41 Å². The molecule has 0 saturated carbocycles. The molecule has 0 N–H and O–H groups in total. The predicted octanol–water partition coefficient (Wildman–Crippen LogP) is 6.14. The van der Waals surface area contributed by atoms with Gasteiger partial charge in [0.1, 0.15) is 5.75 Å². The summed E-state index contributed by atoms with van der Waals surface area (Å²) in [5.74, 6) is 0.819. The maximum atomic E-state index is 6.61. The Hall–Kier alpha value is -0.510. The van der Waals surface area contributed by atoms with E-state index in [1.165, 1.54) is 9.75 Å². The zero-order valence-corrected chi connectivity index (χ0v) is 15.2. The van der Waals surface area contributed by atoms with E-state index in [4.69, 9.17) is 16.3 Å². The molecule has 1 aromatic heterocycles. The summed E-state index contributed by atoms with van der Waals surface area (Å²) in [5.41, 5.74) is 1.24. The SMILES string of the molecule is COc1ccc(C(Cl)c2ccc(C(C)(C)C)s2)cc1Br. The average molecular weight is 374 g/mol. The fourth-order valence-electron chi connectivity index (χ4n) is 1.90. The summed E-state index contributed by atoms with van der Waals surface area (Å²) in [6.07, 6.45) is 0. The Bertz CT molecular complexity index is 601. The van der Waals surface area contributed by atoms with Crippen LogP contribution in [0.1, 0.15) is 41.5 Å². The van der Waals surface area contributed by atoms with Gasteiger partial charge in [-0.3, -0.25) is 0 Å². The van der Waals surface area contributed by atoms with Crippen molar-refractivity contribution in [3.63, 3.8) is 0 Å². The fraction of sp³-hybridized carbons (Fsp3) is 0.375. The van der Waals surface area contributed by atoms with E-state index in [-0.39, 0.29) is 10.8 Å². The van der Waals surface area contributed by atoms with E-state index in [1.54, 1.807) is 18.4 Å². The van der Waals surface area contributed by atoms with Crippen molar-refractivity contribution in [2.45, 2.75) is 31.6 Å². The van der Waals surface area contributed by atoms with Crippen LogP contribution >= 0.6 is 38.9 Å². The van der Waals surface area contributed by atoms with Crippen molar-refractivity contribution in [1.82, 2.24) is 0 Å². The first-order chi connectivity index (χ1) is 9.32. The topological polar surface area (TPSA) is 9.23 Å². The summed E-state index contributed by atoms with van der Waals surface area (Å²) >= 11 is 11.9. The summed E-state index contributed by atoms with van der Waals surface area (Å²) in [7, 11) is 1.66. The lowest BCUT2D eigenvalue weighted by molar-refractivity contribution is 0.412. The van der Waals surface area contributed by atoms with Crippen LogP contribution < -0.4 is 4.74 Å². The highest BCUT2D eigenvalue weighted by Crippen LogP contribution is 2.39. The van der Waals surface area contributed by atoms with Crippen molar-refractivity contribution in [3.8, 4) is 5.75 Å².